The zero-order valence-electron chi connectivity index (χ0n) is 11.4. The monoisotopic (exact) mass is 283 g/mol. The Balaban J connectivity index is 1.70. The summed E-state index contributed by atoms with van der Waals surface area (Å²) in [6.07, 6.45) is 1.65. The fraction of sp³-hybridized carbons (Fsp3) is 0.400. The minimum Gasteiger partial charge on any atom is -0.295 e. The standard InChI is InChI=1S/C15H13N3O3/c1-8(19)9-2-4-10(5-3-9)18-13(20)11-12(14(18)21)16-17-15(11)6-7-15/h2-5,11-12H,6-7H2,1H3/t11-,12-/m1/s1. The third kappa shape index (κ3) is 1.55. The first-order valence-electron chi connectivity index (χ1n) is 6.94. The average Bonchev–Trinajstić information content (AvgIpc) is 3.05. The van der Waals surface area contributed by atoms with Gasteiger partial charge in [0.15, 0.2) is 11.8 Å². The van der Waals surface area contributed by atoms with E-state index in [2.05, 4.69) is 10.2 Å². The lowest BCUT2D eigenvalue weighted by molar-refractivity contribution is -0.122. The Hall–Kier alpha value is -2.37. The van der Waals surface area contributed by atoms with E-state index < -0.39 is 17.5 Å². The summed E-state index contributed by atoms with van der Waals surface area (Å²) in [5.74, 6) is -1.02. The number of fused-ring (bicyclic) bond motifs is 2. The lowest BCUT2D eigenvalue weighted by Crippen LogP contribution is -2.33. The molecule has 106 valence electrons. The van der Waals surface area contributed by atoms with Gasteiger partial charge in [0, 0.05) is 5.56 Å². The Morgan fingerprint density at radius 3 is 2.43 bits per heavy atom. The smallest absolute Gasteiger partial charge is 0.261 e. The number of Topliss-reactive ketones (excluding diaryl/α,β-unsaturated/α-hetero) is 1. The van der Waals surface area contributed by atoms with Crippen LogP contribution in [0.1, 0.15) is 30.1 Å². The largest absolute Gasteiger partial charge is 0.295 e. The highest BCUT2D eigenvalue weighted by molar-refractivity contribution is 6.24. The molecule has 1 saturated heterocycles. The van der Waals surface area contributed by atoms with Gasteiger partial charge in [0.1, 0.15) is 0 Å². The molecule has 6 nitrogen and oxygen atoms in total. The maximum Gasteiger partial charge on any atom is 0.261 e. The Bertz CT molecular complexity index is 703. The number of rotatable bonds is 2. The molecule has 1 aromatic rings. The molecule has 0 unspecified atom stereocenters. The Morgan fingerprint density at radius 2 is 1.86 bits per heavy atom. The second kappa shape index (κ2) is 3.84. The minimum absolute atomic E-state index is 0.0526. The van der Waals surface area contributed by atoms with Gasteiger partial charge in [-0.1, -0.05) is 0 Å². The van der Waals surface area contributed by atoms with Crippen molar-refractivity contribution < 1.29 is 14.4 Å². The highest BCUT2D eigenvalue weighted by atomic mass is 16.2. The van der Waals surface area contributed by atoms with Gasteiger partial charge in [-0.25, -0.2) is 4.90 Å². The van der Waals surface area contributed by atoms with Crippen LogP contribution in [0.3, 0.4) is 0 Å². The molecule has 0 radical (unpaired) electrons. The number of nitrogens with zero attached hydrogens (tertiary/aromatic N) is 3. The number of azo groups is 1. The molecule has 1 aliphatic carbocycles. The highest BCUT2D eigenvalue weighted by Gasteiger charge is 2.67. The van der Waals surface area contributed by atoms with Gasteiger partial charge in [-0.2, -0.15) is 10.2 Å². The number of carbonyl (C=O) groups is 3. The van der Waals surface area contributed by atoms with Crippen LogP contribution >= 0.6 is 0 Å². The quantitative estimate of drug-likeness (QED) is 0.612. The van der Waals surface area contributed by atoms with Crippen LogP contribution in [0.2, 0.25) is 0 Å². The zero-order chi connectivity index (χ0) is 14.8. The van der Waals surface area contributed by atoms with Crippen LogP contribution in [-0.2, 0) is 9.59 Å². The van der Waals surface area contributed by atoms with Crippen LogP contribution in [0.25, 0.3) is 0 Å². The molecule has 2 heterocycles. The van der Waals surface area contributed by atoms with Crippen molar-refractivity contribution >= 4 is 23.3 Å². The first-order chi connectivity index (χ1) is 10.0. The molecule has 2 fully saturated rings. The van der Waals surface area contributed by atoms with E-state index in [1.807, 2.05) is 0 Å². The Labute approximate surface area is 120 Å². The van der Waals surface area contributed by atoms with Crippen molar-refractivity contribution in [2.24, 2.45) is 16.1 Å². The fourth-order valence-electron chi connectivity index (χ4n) is 3.18. The average molecular weight is 283 g/mol. The molecule has 2 aliphatic heterocycles. The third-order valence-corrected chi connectivity index (χ3v) is 4.53. The molecule has 0 aromatic heterocycles. The van der Waals surface area contributed by atoms with Gasteiger partial charge in [-0.15, -0.1) is 0 Å². The van der Waals surface area contributed by atoms with Crippen LogP contribution in [0.5, 0.6) is 0 Å². The van der Waals surface area contributed by atoms with Crippen LogP contribution in [0, 0.1) is 5.92 Å². The molecule has 3 aliphatic rings. The number of carbonyl (C=O) groups excluding carboxylic acids is 3. The van der Waals surface area contributed by atoms with Crippen molar-refractivity contribution in [2.45, 2.75) is 31.3 Å². The maximum absolute atomic E-state index is 12.6. The molecular weight excluding hydrogens is 270 g/mol. The van der Waals surface area contributed by atoms with E-state index in [4.69, 9.17) is 0 Å². The Kier molecular flexibility index (Phi) is 2.26. The van der Waals surface area contributed by atoms with Crippen molar-refractivity contribution in [3.8, 4) is 0 Å². The number of hydrogen-bond acceptors (Lipinski definition) is 5. The number of benzene rings is 1. The summed E-state index contributed by atoms with van der Waals surface area (Å²) in [6.45, 7) is 1.47. The molecule has 1 spiro atoms. The maximum atomic E-state index is 12.6. The van der Waals surface area contributed by atoms with Crippen molar-refractivity contribution in [2.75, 3.05) is 4.90 Å². The SMILES string of the molecule is CC(=O)c1ccc(N2C(=O)[C@@H]3N=NC4(CC4)[C@H]3C2=O)cc1. The van der Waals surface area contributed by atoms with E-state index >= 15 is 0 Å². The number of amides is 2. The van der Waals surface area contributed by atoms with E-state index in [1.54, 1.807) is 24.3 Å². The molecule has 1 aromatic carbocycles. The summed E-state index contributed by atoms with van der Waals surface area (Å²) in [4.78, 5) is 37.5. The molecule has 6 heteroatoms. The predicted octanol–water partition coefficient (Wildman–Crippen LogP) is 1.75. The van der Waals surface area contributed by atoms with Crippen LogP contribution in [-0.4, -0.2) is 29.2 Å². The number of anilines is 1. The van der Waals surface area contributed by atoms with Crippen molar-refractivity contribution in [3.05, 3.63) is 29.8 Å². The lowest BCUT2D eigenvalue weighted by atomic mass is 9.94. The van der Waals surface area contributed by atoms with Crippen LogP contribution < -0.4 is 4.90 Å². The van der Waals surface area contributed by atoms with Gasteiger partial charge in [-0.3, -0.25) is 14.4 Å². The number of hydrogen-bond donors (Lipinski definition) is 0. The Morgan fingerprint density at radius 1 is 1.19 bits per heavy atom. The first kappa shape index (κ1) is 12.4. The molecule has 2 atom stereocenters. The van der Waals surface area contributed by atoms with Gasteiger partial charge < -0.3 is 0 Å². The number of imide groups is 1. The molecule has 0 bridgehead atoms. The van der Waals surface area contributed by atoms with E-state index in [0.29, 0.717) is 11.3 Å². The summed E-state index contributed by atoms with van der Waals surface area (Å²) < 4.78 is 0. The summed E-state index contributed by atoms with van der Waals surface area (Å²) in [5.41, 5.74) is 0.637. The predicted molar refractivity (Wildman–Crippen MR) is 73.0 cm³/mol. The second-order valence-corrected chi connectivity index (χ2v) is 5.86. The van der Waals surface area contributed by atoms with E-state index in [0.717, 1.165) is 12.8 Å². The molecule has 4 rings (SSSR count). The topological polar surface area (TPSA) is 79.2 Å². The van der Waals surface area contributed by atoms with Gasteiger partial charge in [0.05, 0.1) is 17.1 Å². The summed E-state index contributed by atoms with van der Waals surface area (Å²) in [7, 11) is 0. The van der Waals surface area contributed by atoms with Gasteiger partial charge in [0.2, 0.25) is 5.91 Å². The van der Waals surface area contributed by atoms with Crippen molar-refractivity contribution in [3.63, 3.8) is 0 Å². The van der Waals surface area contributed by atoms with Gasteiger partial charge >= 0.3 is 0 Å². The normalized spacial score (nSPS) is 28.3. The molecule has 0 N–H and O–H groups in total. The minimum atomic E-state index is -0.660. The third-order valence-electron chi connectivity index (χ3n) is 4.53. The van der Waals surface area contributed by atoms with Crippen molar-refractivity contribution in [1.29, 1.82) is 0 Å². The summed E-state index contributed by atoms with van der Waals surface area (Å²) >= 11 is 0. The molecular formula is C15H13N3O3. The second-order valence-electron chi connectivity index (χ2n) is 5.86. The van der Waals surface area contributed by atoms with Crippen LogP contribution in [0.15, 0.2) is 34.5 Å². The van der Waals surface area contributed by atoms with Gasteiger partial charge in [-0.05, 0) is 44.0 Å². The van der Waals surface area contributed by atoms with E-state index in [1.165, 1.54) is 11.8 Å². The molecule has 21 heavy (non-hydrogen) atoms. The van der Waals surface area contributed by atoms with Crippen LogP contribution in [0.4, 0.5) is 5.69 Å². The molecule has 1 saturated carbocycles. The van der Waals surface area contributed by atoms with E-state index in [9.17, 15) is 14.4 Å². The first-order valence-corrected chi connectivity index (χ1v) is 6.94. The van der Waals surface area contributed by atoms with Crippen molar-refractivity contribution in [1.82, 2.24) is 0 Å². The van der Waals surface area contributed by atoms with Gasteiger partial charge in [0.25, 0.3) is 5.91 Å². The molecule has 2 amide bonds. The zero-order valence-corrected chi connectivity index (χ0v) is 11.4. The van der Waals surface area contributed by atoms with E-state index in [-0.39, 0.29) is 17.6 Å². The fourth-order valence-corrected chi connectivity index (χ4v) is 3.18. The summed E-state index contributed by atoms with van der Waals surface area (Å²) in [5, 5.41) is 8.17. The summed E-state index contributed by atoms with van der Waals surface area (Å²) in [6, 6.07) is 5.85. The lowest BCUT2D eigenvalue weighted by Gasteiger charge is -2.16. The highest BCUT2D eigenvalue weighted by Crippen LogP contribution is 2.55. The number of ketones is 1.